The molecule has 0 amide bonds. The van der Waals surface area contributed by atoms with E-state index < -0.39 is 0 Å². The van der Waals surface area contributed by atoms with Crippen molar-refractivity contribution in [3.05, 3.63) is 34.6 Å². The molecule has 0 aliphatic rings. The van der Waals surface area contributed by atoms with Gasteiger partial charge in [0, 0.05) is 0 Å². The number of hydrogen-bond acceptors (Lipinski definition) is 6. The summed E-state index contributed by atoms with van der Waals surface area (Å²) >= 11 is 3.19. The molecule has 0 saturated heterocycles. The van der Waals surface area contributed by atoms with Crippen LogP contribution in [-0.4, -0.2) is 19.9 Å². The molecule has 0 aliphatic carbocycles. The molecule has 0 fully saturated rings. The lowest BCUT2D eigenvalue weighted by Crippen LogP contribution is -1.96. The predicted molar refractivity (Wildman–Crippen MR) is 79.3 cm³/mol. The summed E-state index contributed by atoms with van der Waals surface area (Å²) in [6, 6.07) is 0. The van der Waals surface area contributed by atoms with E-state index in [1.54, 1.807) is 18.6 Å². The molecule has 2 aromatic heterocycles. The van der Waals surface area contributed by atoms with Crippen LogP contribution in [0, 0.1) is 0 Å². The Balaban J connectivity index is 0.000000191. The lowest BCUT2D eigenvalue weighted by Gasteiger charge is -1.97. The van der Waals surface area contributed by atoms with Gasteiger partial charge >= 0.3 is 0 Å². The van der Waals surface area contributed by atoms with Crippen molar-refractivity contribution in [3.63, 3.8) is 0 Å². The molecule has 0 radical (unpaired) electrons. The van der Waals surface area contributed by atoms with Gasteiger partial charge in [-0.1, -0.05) is 13.8 Å². The minimum Gasteiger partial charge on any atom is -0.382 e. The Hall–Kier alpha value is -1.76. The molecule has 0 aliphatic heterocycles. The zero-order valence-electron chi connectivity index (χ0n) is 11.0. The Labute approximate surface area is 120 Å². The van der Waals surface area contributed by atoms with Crippen LogP contribution in [-0.2, 0) is 12.8 Å². The van der Waals surface area contributed by atoms with Crippen molar-refractivity contribution in [2.45, 2.75) is 26.7 Å². The first-order chi connectivity index (χ1) is 9.06. The molecular formula is C12H17BrN6. The predicted octanol–water partition coefficient (Wildman–Crippen LogP) is 2.00. The van der Waals surface area contributed by atoms with Crippen LogP contribution in [0.1, 0.15) is 25.2 Å². The number of nitrogens with two attached hydrogens (primary N) is 2. The first-order valence-corrected chi connectivity index (χ1v) is 6.69. The first-order valence-electron chi connectivity index (χ1n) is 5.90. The van der Waals surface area contributed by atoms with E-state index in [4.69, 9.17) is 11.5 Å². The number of aryl methyl sites for hydroxylation is 2. The van der Waals surface area contributed by atoms with Gasteiger partial charge in [0.05, 0.1) is 30.0 Å². The number of rotatable bonds is 2. The third-order valence-corrected chi connectivity index (χ3v) is 2.84. The molecule has 0 saturated carbocycles. The smallest absolute Gasteiger partial charge is 0.156 e. The number of nitrogens with zero attached hydrogens (tertiary/aromatic N) is 4. The molecule has 2 aromatic rings. The highest BCUT2D eigenvalue weighted by Crippen LogP contribution is 2.12. The van der Waals surface area contributed by atoms with Crippen LogP contribution in [0.15, 0.2) is 23.2 Å². The van der Waals surface area contributed by atoms with Gasteiger partial charge in [-0.05, 0) is 28.8 Å². The number of anilines is 2. The summed E-state index contributed by atoms with van der Waals surface area (Å²) in [5.41, 5.74) is 12.7. The first kappa shape index (κ1) is 15.3. The molecule has 0 spiro atoms. The van der Waals surface area contributed by atoms with Gasteiger partial charge in [0.15, 0.2) is 5.82 Å². The van der Waals surface area contributed by atoms with E-state index in [2.05, 4.69) is 35.9 Å². The Bertz CT molecular complexity index is 514. The topological polar surface area (TPSA) is 104 Å². The minimum absolute atomic E-state index is 0.442. The highest BCUT2D eigenvalue weighted by molar-refractivity contribution is 9.10. The molecule has 0 aromatic carbocycles. The monoisotopic (exact) mass is 324 g/mol. The highest BCUT2D eigenvalue weighted by atomic mass is 79.9. The van der Waals surface area contributed by atoms with Gasteiger partial charge in [0.2, 0.25) is 0 Å². The Morgan fingerprint density at radius 2 is 1.58 bits per heavy atom. The zero-order chi connectivity index (χ0) is 14.3. The molecule has 0 atom stereocenters. The number of nitrogen functional groups attached to an aromatic ring is 2. The second kappa shape index (κ2) is 7.63. The second-order valence-corrected chi connectivity index (χ2v) is 4.43. The Morgan fingerprint density at radius 3 is 2.05 bits per heavy atom. The van der Waals surface area contributed by atoms with E-state index in [1.165, 1.54) is 0 Å². The number of halogens is 1. The van der Waals surface area contributed by atoms with Crippen LogP contribution in [0.3, 0.4) is 0 Å². The van der Waals surface area contributed by atoms with Crippen molar-refractivity contribution in [2.75, 3.05) is 11.5 Å². The van der Waals surface area contributed by atoms with Crippen LogP contribution >= 0.6 is 15.9 Å². The van der Waals surface area contributed by atoms with Gasteiger partial charge in [-0.15, -0.1) is 0 Å². The van der Waals surface area contributed by atoms with Gasteiger partial charge < -0.3 is 11.5 Å². The zero-order valence-corrected chi connectivity index (χ0v) is 12.6. The maximum Gasteiger partial charge on any atom is 0.156 e. The standard InChI is InChI=1S/C6H8BrN3.C6H9N3/c1-2-4-3-9-6(8)5(7)10-4;1-2-5-3-9-6(7)4-8-5/h3H,2H2,1H3,(H2,8,9);3-4H,2H2,1H3,(H2,7,9). The van der Waals surface area contributed by atoms with Crippen molar-refractivity contribution < 1.29 is 0 Å². The van der Waals surface area contributed by atoms with Gasteiger partial charge in [-0.25, -0.2) is 15.0 Å². The molecule has 19 heavy (non-hydrogen) atoms. The van der Waals surface area contributed by atoms with Crippen LogP contribution < -0.4 is 11.5 Å². The summed E-state index contributed by atoms with van der Waals surface area (Å²) in [6.45, 7) is 4.05. The molecule has 4 N–H and O–H groups in total. The maximum absolute atomic E-state index is 5.42. The quantitative estimate of drug-likeness (QED) is 0.875. The van der Waals surface area contributed by atoms with Gasteiger partial charge in [0.25, 0.3) is 0 Å². The van der Waals surface area contributed by atoms with Crippen molar-refractivity contribution >= 4 is 27.6 Å². The van der Waals surface area contributed by atoms with E-state index >= 15 is 0 Å². The molecule has 0 unspecified atom stereocenters. The fraction of sp³-hybridized carbons (Fsp3) is 0.333. The van der Waals surface area contributed by atoms with Crippen molar-refractivity contribution in [1.82, 2.24) is 19.9 Å². The van der Waals surface area contributed by atoms with E-state index in [1.807, 2.05) is 13.8 Å². The van der Waals surface area contributed by atoms with Gasteiger partial charge in [0.1, 0.15) is 10.4 Å². The third-order valence-electron chi connectivity index (χ3n) is 2.26. The number of hydrogen-bond donors (Lipinski definition) is 2. The van der Waals surface area contributed by atoms with Crippen molar-refractivity contribution in [3.8, 4) is 0 Å². The Kier molecular flexibility index (Phi) is 6.14. The van der Waals surface area contributed by atoms with E-state index in [0.29, 0.717) is 16.2 Å². The lowest BCUT2D eigenvalue weighted by molar-refractivity contribution is 0.989. The molecule has 102 valence electrons. The van der Waals surface area contributed by atoms with Gasteiger partial charge in [-0.2, -0.15) is 0 Å². The summed E-state index contributed by atoms with van der Waals surface area (Å²) in [6.07, 6.45) is 6.73. The molecule has 6 nitrogen and oxygen atoms in total. The summed E-state index contributed by atoms with van der Waals surface area (Å²) in [4.78, 5) is 15.9. The third kappa shape index (κ3) is 5.17. The summed E-state index contributed by atoms with van der Waals surface area (Å²) < 4.78 is 0.631. The fourth-order valence-corrected chi connectivity index (χ4v) is 1.46. The van der Waals surface area contributed by atoms with Crippen LogP contribution in [0.4, 0.5) is 11.6 Å². The lowest BCUT2D eigenvalue weighted by atomic mass is 10.4. The molecule has 2 rings (SSSR count). The van der Waals surface area contributed by atoms with Crippen molar-refractivity contribution in [1.29, 1.82) is 0 Å². The fourth-order valence-electron chi connectivity index (χ4n) is 1.13. The summed E-state index contributed by atoms with van der Waals surface area (Å²) in [5.74, 6) is 0.921. The van der Waals surface area contributed by atoms with E-state index in [9.17, 15) is 0 Å². The molecular weight excluding hydrogens is 308 g/mol. The number of aromatic nitrogens is 4. The Morgan fingerprint density at radius 1 is 0.947 bits per heavy atom. The molecule has 7 heteroatoms. The van der Waals surface area contributed by atoms with Crippen LogP contribution in [0.5, 0.6) is 0 Å². The average Bonchev–Trinajstić information content (AvgIpc) is 2.43. The summed E-state index contributed by atoms with van der Waals surface area (Å²) in [5, 5.41) is 0. The van der Waals surface area contributed by atoms with E-state index in [0.717, 1.165) is 24.2 Å². The van der Waals surface area contributed by atoms with E-state index in [-0.39, 0.29) is 0 Å². The average molecular weight is 325 g/mol. The second-order valence-electron chi connectivity index (χ2n) is 3.68. The van der Waals surface area contributed by atoms with Gasteiger partial charge in [-0.3, -0.25) is 4.98 Å². The SMILES string of the molecule is CCc1cnc(N)c(Br)n1.CCc1cnc(N)cn1. The summed E-state index contributed by atoms with van der Waals surface area (Å²) in [7, 11) is 0. The van der Waals surface area contributed by atoms with Crippen LogP contribution in [0.25, 0.3) is 0 Å². The van der Waals surface area contributed by atoms with Crippen LogP contribution in [0.2, 0.25) is 0 Å². The molecule has 0 bridgehead atoms. The maximum atomic E-state index is 5.42. The minimum atomic E-state index is 0.442. The normalized spacial score (nSPS) is 9.63. The van der Waals surface area contributed by atoms with Crippen molar-refractivity contribution in [2.24, 2.45) is 0 Å². The molecule has 2 heterocycles. The highest BCUT2D eigenvalue weighted by Gasteiger charge is 1.97. The largest absolute Gasteiger partial charge is 0.382 e.